The number of phenols is 1. The molecule has 2 aliphatic carbocycles. The third kappa shape index (κ3) is 3.66. The number of aromatic hydroxyl groups is 1. The van der Waals surface area contributed by atoms with Crippen molar-refractivity contribution in [2.75, 3.05) is 6.54 Å². The van der Waals surface area contributed by atoms with Crippen molar-refractivity contribution in [2.24, 2.45) is 5.92 Å². The van der Waals surface area contributed by atoms with Gasteiger partial charge < -0.3 is 10.4 Å². The number of amides is 1. The molecule has 0 radical (unpaired) electrons. The molecule has 0 spiro atoms. The molecule has 0 saturated heterocycles. The number of rotatable bonds is 5. The first-order chi connectivity index (χ1) is 10.2. The van der Waals surface area contributed by atoms with Gasteiger partial charge in [-0.25, -0.2) is 0 Å². The Morgan fingerprint density at radius 3 is 2.76 bits per heavy atom. The molecule has 2 aliphatic rings. The van der Waals surface area contributed by atoms with Crippen LogP contribution in [0, 0.1) is 5.92 Å². The molecule has 3 rings (SSSR count). The number of carbonyl (C=O) groups excluding carboxylic acids is 1. The quantitative estimate of drug-likeness (QED) is 0.813. The van der Waals surface area contributed by atoms with E-state index < -0.39 is 0 Å². The molecule has 0 heterocycles. The highest BCUT2D eigenvalue weighted by Gasteiger charge is 2.43. The largest absolute Gasteiger partial charge is 0.508 e. The number of benzene rings is 1. The van der Waals surface area contributed by atoms with E-state index in [0.29, 0.717) is 5.92 Å². The molecule has 1 amide bonds. The summed E-state index contributed by atoms with van der Waals surface area (Å²) in [5.41, 5.74) is 2.66. The normalized spacial score (nSPS) is 24.3. The van der Waals surface area contributed by atoms with Crippen LogP contribution >= 0.6 is 0 Å². The summed E-state index contributed by atoms with van der Waals surface area (Å²) in [6.45, 7) is 0.767. The fourth-order valence-electron chi connectivity index (χ4n) is 3.18. The van der Waals surface area contributed by atoms with Crippen LogP contribution in [0.25, 0.3) is 0 Å². The van der Waals surface area contributed by atoms with Gasteiger partial charge in [0.05, 0.1) is 0 Å². The van der Waals surface area contributed by atoms with Crippen molar-refractivity contribution < 1.29 is 9.90 Å². The summed E-state index contributed by atoms with van der Waals surface area (Å²) in [6, 6.07) is 7.22. The SMILES string of the molecule is O=C(NCCC1=CCCCC1)C1CC1c1ccc(O)cc1. The van der Waals surface area contributed by atoms with Crippen molar-refractivity contribution in [2.45, 2.75) is 44.4 Å². The number of phenolic OH excluding ortho intramolecular Hbond substituents is 1. The molecule has 3 nitrogen and oxygen atoms in total. The van der Waals surface area contributed by atoms with E-state index in [0.717, 1.165) is 24.9 Å². The minimum absolute atomic E-state index is 0.120. The van der Waals surface area contributed by atoms with Crippen LogP contribution in [0.3, 0.4) is 0 Å². The van der Waals surface area contributed by atoms with Gasteiger partial charge in [-0.3, -0.25) is 4.79 Å². The lowest BCUT2D eigenvalue weighted by atomic mass is 9.97. The van der Waals surface area contributed by atoms with Crippen LogP contribution < -0.4 is 5.32 Å². The highest BCUT2D eigenvalue weighted by molar-refractivity contribution is 5.82. The zero-order valence-electron chi connectivity index (χ0n) is 12.3. The van der Waals surface area contributed by atoms with E-state index in [-0.39, 0.29) is 17.6 Å². The maximum Gasteiger partial charge on any atom is 0.223 e. The van der Waals surface area contributed by atoms with Gasteiger partial charge in [-0.15, -0.1) is 0 Å². The highest BCUT2D eigenvalue weighted by Crippen LogP contribution is 2.47. The van der Waals surface area contributed by atoms with Crippen LogP contribution in [-0.2, 0) is 4.79 Å². The third-order valence-electron chi connectivity index (χ3n) is 4.58. The van der Waals surface area contributed by atoms with Gasteiger partial charge in [0.1, 0.15) is 5.75 Å². The summed E-state index contributed by atoms with van der Waals surface area (Å²) in [4.78, 5) is 12.1. The second kappa shape index (κ2) is 6.33. The van der Waals surface area contributed by atoms with Crippen LogP contribution in [0.2, 0.25) is 0 Å². The minimum atomic E-state index is 0.120. The molecule has 1 aromatic carbocycles. The van der Waals surface area contributed by atoms with E-state index in [1.165, 1.54) is 31.3 Å². The molecule has 112 valence electrons. The number of hydrogen-bond donors (Lipinski definition) is 2. The molecule has 21 heavy (non-hydrogen) atoms. The van der Waals surface area contributed by atoms with E-state index in [1.54, 1.807) is 12.1 Å². The summed E-state index contributed by atoms with van der Waals surface area (Å²) in [6.07, 6.45) is 9.29. The Kier molecular flexibility index (Phi) is 4.28. The molecule has 3 heteroatoms. The molecule has 0 aliphatic heterocycles. The maximum absolute atomic E-state index is 12.1. The van der Waals surface area contributed by atoms with Gasteiger partial charge >= 0.3 is 0 Å². The lowest BCUT2D eigenvalue weighted by molar-refractivity contribution is -0.122. The zero-order chi connectivity index (χ0) is 14.7. The first-order valence-electron chi connectivity index (χ1n) is 7.98. The Balaban J connectivity index is 1.42. The molecule has 0 bridgehead atoms. The van der Waals surface area contributed by atoms with Gasteiger partial charge in [0.2, 0.25) is 5.91 Å². The monoisotopic (exact) mass is 285 g/mol. The predicted octanol–water partition coefficient (Wildman–Crippen LogP) is 3.50. The first-order valence-corrected chi connectivity index (χ1v) is 7.98. The van der Waals surface area contributed by atoms with Gasteiger partial charge in [-0.05, 0) is 62.1 Å². The van der Waals surface area contributed by atoms with Crippen LogP contribution in [0.1, 0.15) is 50.0 Å². The third-order valence-corrected chi connectivity index (χ3v) is 4.58. The summed E-state index contributed by atoms with van der Waals surface area (Å²) in [5, 5.41) is 12.4. The van der Waals surface area contributed by atoms with Gasteiger partial charge in [-0.1, -0.05) is 23.8 Å². The standard InChI is InChI=1S/C18H23NO2/c20-15-8-6-14(7-9-15)16-12-17(16)18(21)19-11-10-13-4-2-1-3-5-13/h4,6-9,16-17,20H,1-3,5,10-12H2,(H,19,21). The second-order valence-electron chi connectivity index (χ2n) is 6.19. The van der Waals surface area contributed by atoms with Crippen LogP contribution in [0.5, 0.6) is 5.75 Å². The molecule has 2 unspecified atom stereocenters. The van der Waals surface area contributed by atoms with Crippen molar-refractivity contribution >= 4 is 5.91 Å². The van der Waals surface area contributed by atoms with Gasteiger partial charge in [0, 0.05) is 12.5 Å². The van der Waals surface area contributed by atoms with Crippen LogP contribution in [0.4, 0.5) is 0 Å². The lowest BCUT2D eigenvalue weighted by Crippen LogP contribution is -2.26. The van der Waals surface area contributed by atoms with E-state index in [2.05, 4.69) is 11.4 Å². The maximum atomic E-state index is 12.1. The average molecular weight is 285 g/mol. The van der Waals surface area contributed by atoms with Crippen molar-refractivity contribution in [3.63, 3.8) is 0 Å². The van der Waals surface area contributed by atoms with Crippen molar-refractivity contribution in [1.82, 2.24) is 5.32 Å². The summed E-state index contributed by atoms with van der Waals surface area (Å²) < 4.78 is 0. The van der Waals surface area contributed by atoms with Crippen LogP contribution in [-0.4, -0.2) is 17.6 Å². The van der Waals surface area contributed by atoms with E-state index >= 15 is 0 Å². The first kappa shape index (κ1) is 14.2. The Hall–Kier alpha value is -1.77. The van der Waals surface area contributed by atoms with Crippen molar-refractivity contribution in [3.05, 3.63) is 41.5 Å². The lowest BCUT2D eigenvalue weighted by Gasteiger charge is -2.13. The topological polar surface area (TPSA) is 49.3 Å². The molecule has 2 atom stereocenters. The molecule has 2 N–H and O–H groups in total. The second-order valence-corrected chi connectivity index (χ2v) is 6.19. The minimum Gasteiger partial charge on any atom is -0.508 e. The van der Waals surface area contributed by atoms with E-state index in [9.17, 15) is 9.90 Å². The van der Waals surface area contributed by atoms with Crippen molar-refractivity contribution in [3.8, 4) is 5.75 Å². The Morgan fingerprint density at radius 1 is 1.24 bits per heavy atom. The summed E-state index contributed by atoms with van der Waals surface area (Å²) in [7, 11) is 0. The van der Waals surface area contributed by atoms with Gasteiger partial charge in [-0.2, -0.15) is 0 Å². The Bertz CT molecular complexity index is 533. The van der Waals surface area contributed by atoms with Gasteiger partial charge in [0.25, 0.3) is 0 Å². The van der Waals surface area contributed by atoms with Crippen molar-refractivity contribution in [1.29, 1.82) is 0 Å². The van der Waals surface area contributed by atoms with E-state index in [4.69, 9.17) is 0 Å². The molecule has 1 saturated carbocycles. The number of allylic oxidation sites excluding steroid dienone is 1. The Morgan fingerprint density at radius 2 is 2.05 bits per heavy atom. The van der Waals surface area contributed by atoms with Crippen LogP contribution in [0.15, 0.2) is 35.9 Å². The average Bonchev–Trinajstić information content (AvgIpc) is 3.30. The molecule has 1 aromatic rings. The predicted molar refractivity (Wildman–Crippen MR) is 83.1 cm³/mol. The van der Waals surface area contributed by atoms with Gasteiger partial charge in [0.15, 0.2) is 0 Å². The van der Waals surface area contributed by atoms with E-state index in [1.807, 2.05) is 12.1 Å². The summed E-state index contributed by atoms with van der Waals surface area (Å²) in [5.74, 6) is 0.917. The smallest absolute Gasteiger partial charge is 0.223 e. The fraction of sp³-hybridized carbons (Fsp3) is 0.500. The number of hydrogen-bond acceptors (Lipinski definition) is 2. The molecular weight excluding hydrogens is 262 g/mol. The molecule has 1 fully saturated rings. The molecule has 0 aromatic heterocycles. The highest BCUT2D eigenvalue weighted by atomic mass is 16.3. The molecular formula is C18H23NO2. The zero-order valence-corrected chi connectivity index (χ0v) is 12.3. The summed E-state index contributed by atoms with van der Waals surface area (Å²) >= 11 is 0. The number of nitrogens with one attached hydrogen (secondary N) is 1. The Labute approximate surface area is 126 Å². The number of carbonyl (C=O) groups is 1. The fourth-order valence-corrected chi connectivity index (χ4v) is 3.18.